The fourth-order valence-corrected chi connectivity index (χ4v) is 4.37. The Morgan fingerprint density at radius 2 is 1.79 bits per heavy atom. The van der Waals surface area contributed by atoms with E-state index in [1.54, 1.807) is 26.0 Å². The van der Waals surface area contributed by atoms with Crippen LogP contribution < -0.4 is 9.47 Å². The average molecular weight is 409 g/mol. The molecule has 0 radical (unpaired) electrons. The van der Waals surface area contributed by atoms with Crippen LogP contribution in [0.1, 0.15) is 23.9 Å². The first-order valence-electron chi connectivity index (χ1n) is 9.53. The quantitative estimate of drug-likeness (QED) is 0.429. The highest BCUT2D eigenvalue weighted by atomic mass is 32.2. The number of hydrogen-bond donors (Lipinski definition) is 1. The Labute approximate surface area is 174 Å². The van der Waals surface area contributed by atoms with Crippen LogP contribution in [-0.2, 0) is 18.7 Å². The van der Waals surface area contributed by atoms with Gasteiger partial charge in [-0.3, -0.25) is 0 Å². The molecule has 29 heavy (non-hydrogen) atoms. The third-order valence-corrected chi connectivity index (χ3v) is 5.95. The normalized spacial score (nSPS) is 11.1. The summed E-state index contributed by atoms with van der Waals surface area (Å²) in [6.07, 6.45) is 2.81. The predicted molar refractivity (Wildman–Crippen MR) is 116 cm³/mol. The lowest BCUT2D eigenvalue weighted by molar-refractivity contribution is 0.393. The molecule has 2 aromatic heterocycles. The number of nitrogens with zero attached hydrogens (tertiary/aromatic N) is 3. The molecule has 4 rings (SSSR count). The molecule has 150 valence electrons. The Morgan fingerprint density at radius 1 is 1.03 bits per heavy atom. The van der Waals surface area contributed by atoms with Crippen molar-refractivity contribution in [3.8, 4) is 11.5 Å². The minimum Gasteiger partial charge on any atom is -0.497 e. The Kier molecular flexibility index (Phi) is 5.76. The fourth-order valence-electron chi connectivity index (χ4n) is 3.42. The minimum atomic E-state index is 0.748. The molecule has 4 aromatic rings. The number of fused-ring (bicyclic) bond motifs is 1. The van der Waals surface area contributed by atoms with Crippen LogP contribution >= 0.6 is 11.8 Å². The summed E-state index contributed by atoms with van der Waals surface area (Å²) in [7, 11) is 3.33. The van der Waals surface area contributed by atoms with Crippen molar-refractivity contribution in [3.05, 3.63) is 65.6 Å². The van der Waals surface area contributed by atoms with Crippen molar-refractivity contribution >= 4 is 22.7 Å². The average Bonchev–Trinajstić information content (AvgIpc) is 3.36. The van der Waals surface area contributed by atoms with Crippen molar-refractivity contribution in [2.24, 2.45) is 0 Å². The number of nitrogens with one attached hydrogen (secondary N) is 1. The summed E-state index contributed by atoms with van der Waals surface area (Å²) in [5, 5.41) is 11.1. The van der Waals surface area contributed by atoms with Gasteiger partial charge < -0.3 is 19.0 Å². The maximum atomic E-state index is 5.37. The first-order valence-corrected chi connectivity index (χ1v) is 10.5. The molecule has 0 aliphatic rings. The van der Waals surface area contributed by atoms with Gasteiger partial charge >= 0.3 is 0 Å². The fraction of sp³-hybridized carbons (Fsp3) is 0.273. The Hall–Kier alpha value is -2.93. The number of para-hydroxylation sites is 1. The molecule has 7 heteroatoms. The van der Waals surface area contributed by atoms with Gasteiger partial charge in [-0.05, 0) is 36.2 Å². The molecule has 0 saturated carbocycles. The zero-order valence-electron chi connectivity index (χ0n) is 16.8. The molecule has 6 nitrogen and oxygen atoms in total. The van der Waals surface area contributed by atoms with E-state index in [1.165, 1.54) is 10.9 Å². The number of rotatable bonds is 8. The van der Waals surface area contributed by atoms with Crippen molar-refractivity contribution in [1.82, 2.24) is 19.7 Å². The molecule has 2 heterocycles. The number of hydrogen-bond acceptors (Lipinski definition) is 5. The first kappa shape index (κ1) is 19.4. The zero-order chi connectivity index (χ0) is 20.2. The molecule has 2 aromatic carbocycles. The van der Waals surface area contributed by atoms with Crippen LogP contribution in [0.25, 0.3) is 10.9 Å². The van der Waals surface area contributed by atoms with Crippen molar-refractivity contribution < 1.29 is 9.47 Å². The van der Waals surface area contributed by atoms with Gasteiger partial charge in [0, 0.05) is 41.9 Å². The van der Waals surface area contributed by atoms with Crippen LogP contribution in [-0.4, -0.2) is 34.0 Å². The van der Waals surface area contributed by atoms with Gasteiger partial charge in [0.05, 0.1) is 14.2 Å². The summed E-state index contributed by atoms with van der Waals surface area (Å²) in [5.41, 5.74) is 3.50. The van der Waals surface area contributed by atoms with Gasteiger partial charge in [-0.15, -0.1) is 10.2 Å². The standard InChI is InChI=1S/C22H24N4O2S/c1-4-26-21(11-16-13-23-20-8-6-5-7-19(16)20)24-25-22(26)29-14-15-9-17(27-2)12-18(10-15)28-3/h5-10,12-13,23H,4,11,14H2,1-3H3. The minimum absolute atomic E-state index is 0.748. The van der Waals surface area contributed by atoms with E-state index in [9.17, 15) is 0 Å². The summed E-state index contributed by atoms with van der Waals surface area (Å²) in [6, 6.07) is 14.3. The van der Waals surface area contributed by atoms with E-state index in [-0.39, 0.29) is 0 Å². The molecule has 0 fully saturated rings. The Morgan fingerprint density at radius 3 is 2.52 bits per heavy atom. The van der Waals surface area contributed by atoms with Crippen molar-refractivity contribution in [3.63, 3.8) is 0 Å². The van der Waals surface area contributed by atoms with Gasteiger partial charge in [0.1, 0.15) is 17.3 Å². The van der Waals surface area contributed by atoms with E-state index >= 15 is 0 Å². The smallest absolute Gasteiger partial charge is 0.191 e. The summed E-state index contributed by atoms with van der Waals surface area (Å²) in [4.78, 5) is 3.33. The van der Waals surface area contributed by atoms with Crippen LogP contribution in [0.2, 0.25) is 0 Å². The SMILES string of the molecule is CCn1c(Cc2c[nH]c3ccccc23)nnc1SCc1cc(OC)cc(OC)c1. The van der Waals surface area contributed by atoms with Crippen LogP contribution in [0.3, 0.4) is 0 Å². The van der Waals surface area contributed by atoms with Crippen LogP contribution in [0.15, 0.2) is 53.8 Å². The van der Waals surface area contributed by atoms with E-state index in [0.717, 1.165) is 52.3 Å². The second-order valence-corrected chi connectivity index (χ2v) is 7.63. The molecule has 0 bridgehead atoms. The Bertz CT molecular complexity index is 1100. The molecule has 0 aliphatic carbocycles. The number of thioether (sulfide) groups is 1. The highest BCUT2D eigenvalue weighted by Gasteiger charge is 2.14. The summed E-state index contributed by atoms with van der Waals surface area (Å²) in [6.45, 7) is 2.95. The molecule has 0 saturated heterocycles. The zero-order valence-corrected chi connectivity index (χ0v) is 17.6. The number of aromatic amines is 1. The number of methoxy groups -OCH3 is 2. The van der Waals surface area contributed by atoms with E-state index in [0.29, 0.717) is 0 Å². The van der Waals surface area contributed by atoms with Crippen LogP contribution in [0, 0.1) is 0 Å². The molecular weight excluding hydrogens is 384 g/mol. The lowest BCUT2D eigenvalue weighted by Crippen LogP contribution is -2.04. The van der Waals surface area contributed by atoms with Crippen molar-refractivity contribution in [2.75, 3.05) is 14.2 Å². The van der Waals surface area contributed by atoms with Crippen LogP contribution in [0.5, 0.6) is 11.5 Å². The molecule has 0 amide bonds. The topological polar surface area (TPSA) is 65.0 Å². The van der Waals surface area contributed by atoms with Crippen molar-refractivity contribution in [2.45, 2.75) is 30.8 Å². The lowest BCUT2D eigenvalue weighted by Gasteiger charge is -2.09. The van der Waals surface area contributed by atoms with Gasteiger partial charge in [0.2, 0.25) is 0 Å². The number of benzene rings is 2. The number of ether oxygens (including phenoxy) is 2. The number of H-pyrrole nitrogens is 1. The molecular formula is C22H24N4O2S. The summed E-state index contributed by atoms with van der Waals surface area (Å²) in [5.74, 6) is 3.32. The highest BCUT2D eigenvalue weighted by Crippen LogP contribution is 2.29. The largest absolute Gasteiger partial charge is 0.497 e. The van der Waals surface area contributed by atoms with Gasteiger partial charge in [-0.25, -0.2) is 0 Å². The second-order valence-electron chi connectivity index (χ2n) is 6.69. The number of aromatic nitrogens is 4. The maximum Gasteiger partial charge on any atom is 0.191 e. The van der Waals surface area contributed by atoms with E-state index in [4.69, 9.17) is 9.47 Å². The van der Waals surface area contributed by atoms with E-state index in [2.05, 4.69) is 51.1 Å². The summed E-state index contributed by atoms with van der Waals surface area (Å²) >= 11 is 1.67. The molecule has 0 unspecified atom stereocenters. The molecule has 0 atom stereocenters. The monoisotopic (exact) mass is 408 g/mol. The third kappa shape index (κ3) is 4.10. The lowest BCUT2D eigenvalue weighted by atomic mass is 10.1. The molecule has 0 aliphatic heterocycles. The van der Waals surface area contributed by atoms with Gasteiger partial charge in [-0.2, -0.15) is 0 Å². The molecule has 0 spiro atoms. The van der Waals surface area contributed by atoms with Crippen LogP contribution in [0.4, 0.5) is 0 Å². The van der Waals surface area contributed by atoms with Crippen molar-refractivity contribution in [1.29, 1.82) is 0 Å². The Balaban J connectivity index is 1.53. The van der Waals surface area contributed by atoms with E-state index < -0.39 is 0 Å². The van der Waals surface area contributed by atoms with Gasteiger partial charge in [-0.1, -0.05) is 30.0 Å². The first-order chi connectivity index (χ1) is 14.2. The van der Waals surface area contributed by atoms with E-state index in [1.807, 2.05) is 24.3 Å². The maximum absolute atomic E-state index is 5.37. The second kappa shape index (κ2) is 8.61. The van der Waals surface area contributed by atoms with Gasteiger partial charge in [0.25, 0.3) is 0 Å². The third-order valence-electron chi connectivity index (χ3n) is 4.91. The summed E-state index contributed by atoms with van der Waals surface area (Å²) < 4.78 is 12.9. The van der Waals surface area contributed by atoms with Gasteiger partial charge in [0.15, 0.2) is 5.16 Å². The highest BCUT2D eigenvalue weighted by molar-refractivity contribution is 7.98. The predicted octanol–water partition coefficient (Wildman–Crippen LogP) is 4.68. The molecule has 1 N–H and O–H groups in total.